The minimum atomic E-state index is -0.410. The van der Waals surface area contributed by atoms with Crippen LogP contribution in [0, 0.1) is 13.8 Å². The van der Waals surface area contributed by atoms with Crippen LogP contribution in [-0.4, -0.2) is 23.1 Å². The number of hydrogen-bond acceptors (Lipinski definition) is 6. The molecule has 2 aromatic carbocycles. The molecule has 0 aliphatic carbocycles. The second-order valence-corrected chi connectivity index (χ2v) is 7.06. The van der Waals surface area contributed by atoms with Gasteiger partial charge < -0.3 is 11.5 Å². The average molecular weight is 380 g/mol. The summed E-state index contributed by atoms with van der Waals surface area (Å²) >= 11 is 0. The quantitative estimate of drug-likeness (QED) is 0.431. The first kappa shape index (κ1) is 21.0. The highest BCUT2D eigenvalue weighted by Crippen LogP contribution is 2.35. The van der Waals surface area contributed by atoms with E-state index in [0.29, 0.717) is 27.9 Å². The van der Waals surface area contributed by atoms with E-state index in [9.17, 15) is 19.2 Å². The number of hydrogen-bond donors (Lipinski definition) is 2. The zero-order chi connectivity index (χ0) is 21.2. The molecular formula is C22H24N2O4. The van der Waals surface area contributed by atoms with Crippen molar-refractivity contribution in [1.82, 2.24) is 0 Å². The van der Waals surface area contributed by atoms with Crippen molar-refractivity contribution in [3.8, 4) is 11.1 Å². The van der Waals surface area contributed by atoms with Gasteiger partial charge in [-0.1, -0.05) is 6.07 Å². The normalized spacial score (nSPS) is 10.6. The lowest BCUT2D eigenvalue weighted by Crippen LogP contribution is -2.15. The molecule has 0 unspecified atom stereocenters. The standard InChI is InChI=1S/C22H24N2O4/c1-11-7-15(5-6-18(11)23)16-10-17(19(27)8-12(2)25)22(24)14(4)21(16)20(28)9-13(3)26/h5-7,10H,8-9,23-24H2,1-4H3. The highest BCUT2D eigenvalue weighted by atomic mass is 16.2. The molecule has 2 rings (SSSR count). The Labute approximate surface area is 163 Å². The summed E-state index contributed by atoms with van der Waals surface area (Å²) < 4.78 is 0. The van der Waals surface area contributed by atoms with Crippen LogP contribution >= 0.6 is 0 Å². The van der Waals surface area contributed by atoms with Crippen molar-refractivity contribution in [3.63, 3.8) is 0 Å². The molecule has 2 aromatic rings. The van der Waals surface area contributed by atoms with Gasteiger partial charge >= 0.3 is 0 Å². The Morgan fingerprint density at radius 1 is 0.857 bits per heavy atom. The summed E-state index contributed by atoms with van der Waals surface area (Å²) in [5, 5.41) is 0. The Kier molecular flexibility index (Phi) is 6.13. The summed E-state index contributed by atoms with van der Waals surface area (Å²) in [6, 6.07) is 6.81. The maximum Gasteiger partial charge on any atom is 0.172 e. The molecule has 0 aromatic heterocycles. The minimum absolute atomic E-state index is 0.147. The van der Waals surface area contributed by atoms with Crippen molar-refractivity contribution < 1.29 is 19.2 Å². The topological polar surface area (TPSA) is 120 Å². The zero-order valence-corrected chi connectivity index (χ0v) is 16.5. The van der Waals surface area contributed by atoms with E-state index in [4.69, 9.17) is 11.5 Å². The van der Waals surface area contributed by atoms with E-state index in [1.165, 1.54) is 19.9 Å². The lowest BCUT2D eigenvalue weighted by atomic mass is 9.86. The molecule has 4 N–H and O–H groups in total. The Bertz CT molecular complexity index is 1010. The third-order valence-electron chi connectivity index (χ3n) is 4.61. The molecule has 0 saturated carbocycles. The summed E-state index contributed by atoms with van der Waals surface area (Å²) in [4.78, 5) is 48.2. The van der Waals surface area contributed by atoms with Gasteiger partial charge in [0.2, 0.25) is 0 Å². The van der Waals surface area contributed by atoms with Crippen LogP contribution in [0.25, 0.3) is 11.1 Å². The number of anilines is 2. The summed E-state index contributed by atoms with van der Waals surface area (Å²) in [6.45, 7) is 6.15. The van der Waals surface area contributed by atoms with Crippen molar-refractivity contribution in [2.75, 3.05) is 11.5 Å². The van der Waals surface area contributed by atoms with Crippen molar-refractivity contribution in [2.45, 2.75) is 40.5 Å². The molecule has 6 heteroatoms. The van der Waals surface area contributed by atoms with Crippen LogP contribution in [0.2, 0.25) is 0 Å². The van der Waals surface area contributed by atoms with E-state index in [1.54, 1.807) is 19.1 Å². The van der Waals surface area contributed by atoms with Crippen LogP contribution in [0.4, 0.5) is 11.4 Å². The number of carbonyl (C=O) groups is 4. The van der Waals surface area contributed by atoms with E-state index >= 15 is 0 Å². The van der Waals surface area contributed by atoms with Gasteiger partial charge in [0, 0.05) is 22.5 Å². The number of ketones is 4. The van der Waals surface area contributed by atoms with Crippen LogP contribution in [0.1, 0.15) is 58.5 Å². The van der Waals surface area contributed by atoms with Crippen molar-refractivity contribution in [1.29, 1.82) is 0 Å². The number of nitrogens with two attached hydrogens (primary N) is 2. The van der Waals surface area contributed by atoms with Gasteiger partial charge in [-0.2, -0.15) is 0 Å². The first-order valence-electron chi connectivity index (χ1n) is 8.87. The van der Waals surface area contributed by atoms with Gasteiger partial charge in [-0.25, -0.2) is 0 Å². The molecule has 0 heterocycles. The van der Waals surface area contributed by atoms with Crippen LogP contribution in [0.3, 0.4) is 0 Å². The molecule has 146 valence electrons. The SMILES string of the molecule is CC(=O)CC(=O)c1cc(-c2ccc(N)c(C)c2)c(C(=O)CC(C)=O)c(C)c1N. The third kappa shape index (κ3) is 4.34. The van der Waals surface area contributed by atoms with Crippen molar-refractivity contribution in [2.24, 2.45) is 0 Å². The molecule has 0 aliphatic heterocycles. The fourth-order valence-corrected chi connectivity index (χ4v) is 3.13. The number of rotatable bonds is 7. The molecule has 0 spiro atoms. The fourth-order valence-electron chi connectivity index (χ4n) is 3.13. The van der Waals surface area contributed by atoms with E-state index in [1.807, 2.05) is 13.0 Å². The first-order chi connectivity index (χ1) is 13.0. The van der Waals surface area contributed by atoms with E-state index in [0.717, 1.165) is 5.56 Å². The van der Waals surface area contributed by atoms with Gasteiger partial charge in [-0.15, -0.1) is 0 Å². The molecule has 28 heavy (non-hydrogen) atoms. The molecule has 0 bridgehead atoms. The lowest BCUT2D eigenvalue weighted by molar-refractivity contribution is -0.117. The molecule has 0 atom stereocenters. The Morgan fingerprint density at radius 3 is 1.96 bits per heavy atom. The number of Topliss-reactive ketones (excluding diaryl/α,β-unsaturated/α-hetero) is 4. The predicted octanol–water partition coefficient (Wildman–Crippen LogP) is 3.46. The van der Waals surface area contributed by atoms with Crippen LogP contribution in [-0.2, 0) is 9.59 Å². The van der Waals surface area contributed by atoms with Gasteiger partial charge in [0.1, 0.15) is 11.6 Å². The summed E-state index contributed by atoms with van der Waals surface area (Å²) in [5.74, 6) is -1.32. The van der Waals surface area contributed by atoms with E-state index in [2.05, 4.69) is 0 Å². The average Bonchev–Trinajstić information content (AvgIpc) is 2.58. The van der Waals surface area contributed by atoms with Crippen molar-refractivity contribution >= 4 is 34.5 Å². The highest BCUT2D eigenvalue weighted by molar-refractivity contribution is 6.16. The summed E-state index contributed by atoms with van der Waals surface area (Å²) in [5.41, 5.74) is 15.7. The molecule has 0 fully saturated rings. The largest absolute Gasteiger partial charge is 0.399 e. The van der Waals surface area contributed by atoms with Gasteiger partial charge in [0.05, 0.1) is 12.8 Å². The second kappa shape index (κ2) is 8.17. The molecule has 0 aliphatic rings. The summed E-state index contributed by atoms with van der Waals surface area (Å²) in [7, 11) is 0. The van der Waals surface area contributed by atoms with Gasteiger partial charge in [0.15, 0.2) is 11.6 Å². The molecular weight excluding hydrogens is 356 g/mol. The van der Waals surface area contributed by atoms with Crippen molar-refractivity contribution in [3.05, 3.63) is 46.5 Å². The molecule has 0 saturated heterocycles. The van der Waals surface area contributed by atoms with E-state index < -0.39 is 5.78 Å². The number of benzene rings is 2. The summed E-state index contributed by atoms with van der Waals surface area (Å²) in [6.07, 6.45) is -0.535. The lowest BCUT2D eigenvalue weighted by Gasteiger charge is -2.18. The number of aryl methyl sites for hydroxylation is 1. The fraction of sp³-hybridized carbons (Fsp3) is 0.273. The third-order valence-corrected chi connectivity index (χ3v) is 4.61. The Hall–Kier alpha value is -3.28. The van der Waals surface area contributed by atoms with Gasteiger partial charge in [-0.3, -0.25) is 19.2 Å². The van der Waals surface area contributed by atoms with Gasteiger partial charge in [0.25, 0.3) is 0 Å². The Balaban J connectivity index is 2.79. The molecule has 0 radical (unpaired) electrons. The number of carbonyl (C=O) groups excluding carboxylic acids is 4. The van der Waals surface area contributed by atoms with Crippen LogP contribution in [0.5, 0.6) is 0 Å². The molecule has 6 nitrogen and oxygen atoms in total. The first-order valence-corrected chi connectivity index (χ1v) is 8.87. The van der Waals surface area contributed by atoms with Crippen LogP contribution < -0.4 is 11.5 Å². The van der Waals surface area contributed by atoms with E-state index in [-0.39, 0.29) is 41.4 Å². The monoisotopic (exact) mass is 380 g/mol. The maximum atomic E-state index is 12.8. The predicted molar refractivity (Wildman–Crippen MR) is 109 cm³/mol. The minimum Gasteiger partial charge on any atom is -0.399 e. The second-order valence-electron chi connectivity index (χ2n) is 7.06. The zero-order valence-electron chi connectivity index (χ0n) is 16.5. The Morgan fingerprint density at radius 2 is 1.43 bits per heavy atom. The van der Waals surface area contributed by atoms with Crippen LogP contribution in [0.15, 0.2) is 24.3 Å². The number of nitrogen functional groups attached to an aromatic ring is 2. The maximum absolute atomic E-state index is 12.8. The highest BCUT2D eigenvalue weighted by Gasteiger charge is 2.24. The van der Waals surface area contributed by atoms with Gasteiger partial charge in [-0.05, 0) is 68.1 Å². The smallest absolute Gasteiger partial charge is 0.172 e. The molecule has 0 amide bonds.